The first-order valence-corrected chi connectivity index (χ1v) is 13.1. The number of nitrogens with zero attached hydrogens (tertiary/aromatic N) is 2. The topological polar surface area (TPSA) is 18.5 Å². The molecule has 3 aromatic carbocycles. The Morgan fingerprint density at radius 1 is 0.765 bits per heavy atom. The van der Waals surface area contributed by atoms with E-state index in [1.54, 1.807) is 0 Å². The van der Waals surface area contributed by atoms with Crippen molar-refractivity contribution in [2.75, 3.05) is 5.01 Å². The second-order valence-corrected chi connectivity index (χ2v) is 10.7. The molecule has 0 amide bonds. The summed E-state index contributed by atoms with van der Waals surface area (Å²) in [6.07, 6.45) is 11.3. The third kappa shape index (κ3) is 6.21. The van der Waals surface area contributed by atoms with Gasteiger partial charge in [0, 0.05) is 11.9 Å². The zero-order valence-electron chi connectivity index (χ0n) is 21.5. The lowest BCUT2D eigenvalue weighted by atomic mass is 9.87. The highest BCUT2D eigenvalue weighted by Crippen LogP contribution is 2.28. The molecule has 0 unspecified atom stereocenters. The van der Waals surface area contributed by atoms with Crippen molar-refractivity contribution in [3.8, 4) is 0 Å². The summed E-state index contributed by atoms with van der Waals surface area (Å²) < 4.78 is 0. The number of hydrogen-bond donors (Lipinski definition) is 1. The van der Waals surface area contributed by atoms with Crippen LogP contribution in [0.4, 0.5) is 5.69 Å². The van der Waals surface area contributed by atoms with E-state index in [1.165, 1.54) is 71.8 Å². The van der Waals surface area contributed by atoms with Gasteiger partial charge < -0.3 is 0 Å². The Morgan fingerprint density at radius 3 is 2.21 bits per heavy atom. The Morgan fingerprint density at radius 2 is 1.47 bits per heavy atom. The maximum absolute atomic E-state index is 3.65. The molecule has 0 aromatic heterocycles. The molecule has 1 aliphatic heterocycles. The van der Waals surface area contributed by atoms with Gasteiger partial charge in [0.2, 0.25) is 0 Å². The predicted molar refractivity (Wildman–Crippen MR) is 146 cm³/mol. The monoisotopic (exact) mass is 455 g/mol. The van der Waals surface area contributed by atoms with Crippen LogP contribution < -0.4 is 10.5 Å². The van der Waals surface area contributed by atoms with Crippen molar-refractivity contribution >= 4 is 16.5 Å². The third-order valence-electron chi connectivity index (χ3n) is 6.81. The lowest BCUT2D eigenvalue weighted by Gasteiger charge is -2.26. The van der Waals surface area contributed by atoms with Crippen LogP contribution in [0.25, 0.3) is 10.8 Å². The molecule has 1 N–H and O–H groups in total. The number of fused-ring (bicyclic) bond motifs is 1. The Labute approximate surface area is 206 Å². The van der Waals surface area contributed by atoms with Crippen molar-refractivity contribution in [1.29, 1.82) is 0 Å². The van der Waals surface area contributed by atoms with Crippen molar-refractivity contribution in [2.45, 2.75) is 84.6 Å². The van der Waals surface area contributed by atoms with Gasteiger partial charge in [-0.15, -0.1) is 5.53 Å². The van der Waals surface area contributed by atoms with Gasteiger partial charge in [-0.3, -0.25) is 10.0 Å². The highest BCUT2D eigenvalue weighted by atomic mass is 15.8. The summed E-state index contributed by atoms with van der Waals surface area (Å²) >= 11 is 0. The zero-order valence-corrected chi connectivity index (χ0v) is 21.5. The minimum atomic E-state index is 0.181. The average Bonchev–Trinajstić information content (AvgIpc) is 3.23. The van der Waals surface area contributed by atoms with Crippen molar-refractivity contribution in [1.82, 2.24) is 10.5 Å². The van der Waals surface area contributed by atoms with E-state index in [2.05, 4.69) is 116 Å². The van der Waals surface area contributed by atoms with Crippen LogP contribution >= 0.6 is 0 Å². The van der Waals surface area contributed by atoms with Gasteiger partial charge in [-0.25, -0.2) is 0 Å². The molecular weight excluding hydrogens is 414 g/mol. The minimum Gasteiger partial charge on any atom is -0.289 e. The van der Waals surface area contributed by atoms with Crippen LogP contribution in [0, 0.1) is 0 Å². The predicted octanol–water partition coefficient (Wildman–Crippen LogP) is 8.47. The van der Waals surface area contributed by atoms with E-state index >= 15 is 0 Å². The molecule has 34 heavy (non-hydrogen) atoms. The fraction of sp³-hybridized carbons (Fsp3) is 0.419. The van der Waals surface area contributed by atoms with Gasteiger partial charge in [-0.05, 0) is 52.3 Å². The quantitative estimate of drug-likeness (QED) is 0.309. The number of nitrogens with one attached hydrogen (secondary N) is 1. The molecular formula is C31H41N3. The highest BCUT2D eigenvalue weighted by molar-refractivity contribution is 5.86. The Balaban J connectivity index is 1.48. The van der Waals surface area contributed by atoms with Gasteiger partial charge in [0.25, 0.3) is 0 Å². The van der Waals surface area contributed by atoms with Crippen molar-refractivity contribution in [3.05, 3.63) is 89.8 Å². The van der Waals surface area contributed by atoms with Crippen molar-refractivity contribution in [2.24, 2.45) is 0 Å². The summed E-state index contributed by atoms with van der Waals surface area (Å²) in [6, 6.07) is 24.4. The minimum absolute atomic E-state index is 0.181. The molecule has 3 aromatic rings. The molecule has 3 nitrogen and oxygen atoms in total. The van der Waals surface area contributed by atoms with Gasteiger partial charge in [-0.2, -0.15) is 0 Å². The number of hydrazine groups is 2. The molecule has 0 bridgehead atoms. The molecule has 0 fully saturated rings. The molecule has 0 saturated heterocycles. The summed E-state index contributed by atoms with van der Waals surface area (Å²) in [5.41, 5.74) is 9.08. The first kappa shape index (κ1) is 24.3. The Kier molecular flexibility index (Phi) is 7.95. The molecule has 4 rings (SSSR count). The molecule has 1 aliphatic rings. The summed E-state index contributed by atoms with van der Waals surface area (Å²) in [5, 5.41) is 7.05. The summed E-state index contributed by atoms with van der Waals surface area (Å²) in [4.78, 5) is 0. The molecule has 0 saturated carbocycles. The van der Waals surface area contributed by atoms with Crippen LogP contribution in [-0.2, 0) is 12.0 Å². The van der Waals surface area contributed by atoms with E-state index in [4.69, 9.17) is 0 Å². The SMILES string of the molecule is CCCCCCCCC1=CN(c2ccc3ccccc3c2)NN1Cc1ccc(C(C)(C)C)cc1. The normalized spacial score (nSPS) is 14.2. The summed E-state index contributed by atoms with van der Waals surface area (Å²) in [7, 11) is 0. The van der Waals surface area contributed by atoms with Gasteiger partial charge >= 0.3 is 0 Å². The molecule has 0 radical (unpaired) electrons. The molecule has 1 heterocycles. The summed E-state index contributed by atoms with van der Waals surface area (Å²) in [6.45, 7) is 9.95. The molecule has 3 heteroatoms. The van der Waals surface area contributed by atoms with E-state index in [0.717, 1.165) is 13.0 Å². The number of benzene rings is 3. The number of unbranched alkanes of at least 4 members (excludes halogenated alkanes) is 5. The second kappa shape index (κ2) is 11.1. The maximum Gasteiger partial charge on any atom is 0.0609 e. The van der Waals surface area contributed by atoms with E-state index in [-0.39, 0.29) is 5.41 Å². The fourth-order valence-corrected chi connectivity index (χ4v) is 4.62. The van der Waals surface area contributed by atoms with E-state index in [0.29, 0.717) is 0 Å². The molecule has 0 aliphatic carbocycles. The smallest absolute Gasteiger partial charge is 0.0609 e. The second-order valence-electron chi connectivity index (χ2n) is 10.7. The van der Waals surface area contributed by atoms with Gasteiger partial charge in [0.1, 0.15) is 0 Å². The maximum atomic E-state index is 3.65. The zero-order chi connectivity index (χ0) is 24.0. The highest BCUT2D eigenvalue weighted by Gasteiger charge is 2.22. The third-order valence-corrected chi connectivity index (χ3v) is 6.81. The lowest BCUT2D eigenvalue weighted by Crippen LogP contribution is -2.40. The van der Waals surface area contributed by atoms with E-state index < -0.39 is 0 Å². The van der Waals surface area contributed by atoms with Crippen LogP contribution in [0.1, 0.15) is 83.8 Å². The van der Waals surface area contributed by atoms with Crippen LogP contribution in [0.3, 0.4) is 0 Å². The first-order chi connectivity index (χ1) is 16.4. The number of allylic oxidation sites excluding steroid dienone is 1. The lowest BCUT2D eigenvalue weighted by molar-refractivity contribution is 0.254. The first-order valence-electron chi connectivity index (χ1n) is 13.1. The van der Waals surface area contributed by atoms with Crippen molar-refractivity contribution < 1.29 is 0 Å². The van der Waals surface area contributed by atoms with Gasteiger partial charge in [-0.1, -0.05) is 114 Å². The standard InChI is InChI=1S/C31H41N3/c1-5-6-7-8-9-10-15-30-24-34(29-21-18-26-13-11-12-14-27(26)22-29)32-33(30)23-25-16-19-28(20-17-25)31(2,3)4/h11-14,16-22,24,32H,5-10,15,23H2,1-4H3. The average molecular weight is 456 g/mol. The van der Waals surface area contributed by atoms with Gasteiger partial charge in [0.15, 0.2) is 0 Å². The Bertz CT molecular complexity index is 1090. The van der Waals surface area contributed by atoms with Gasteiger partial charge in [0.05, 0.1) is 12.2 Å². The van der Waals surface area contributed by atoms with Crippen molar-refractivity contribution in [3.63, 3.8) is 0 Å². The molecule has 0 spiro atoms. The molecule has 0 atom stereocenters. The number of rotatable bonds is 10. The molecule has 180 valence electrons. The van der Waals surface area contributed by atoms with E-state index in [9.17, 15) is 0 Å². The van der Waals surface area contributed by atoms with Crippen LogP contribution in [0.2, 0.25) is 0 Å². The largest absolute Gasteiger partial charge is 0.289 e. The Hall–Kier alpha value is -2.78. The number of anilines is 1. The van der Waals surface area contributed by atoms with Crippen LogP contribution in [0.5, 0.6) is 0 Å². The number of hydrogen-bond acceptors (Lipinski definition) is 3. The van der Waals surface area contributed by atoms with Crippen LogP contribution in [0.15, 0.2) is 78.6 Å². The van der Waals surface area contributed by atoms with E-state index in [1.807, 2.05) is 0 Å². The van der Waals surface area contributed by atoms with Crippen LogP contribution in [-0.4, -0.2) is 5.01 Å². The fourth-order valence-electron chi connectivity index (χ4n) is 4.62. The summed E-state index contributed by atoms with van der Waals surface area (Å²) in [5.74, 6) is 0.